The van der Waals surface area contributed by atoms with Gasteiger partial charge in [0.1, 0.15) is 0 Å². The zero-order valence-electron chi connectivity index (χ0n) is 15.2. The van der Waals surface area contributed by atoms with E-state index in [1.165, 1.54) is 22.3 Å². The highest BCUT2D eigenvalue weighted by atomic mass is 16.1. The van der Waals surface area contributed by atoms with Gasteiger partial charge in [-0.3, -0.25) is 10.2 Å². The summed E-state index contributed by atoms with van der Waals surface area (Å²) in [5, 5.41) is 1.69. The van der Waals surface area contributed by atoms with Crippen LogP contribution >= 0.6 is 0 Å². The van der Waals surface area contributed by atoms with E-state index in [1.807, 2.05) is 7.05 Å². The van der Waals surface area contributed by atoms with Gasteiger partial charge in [-0.15, -0.1) is 0 Å². The lowest BCUT2D eigenvalue weighted by Crippen LogP contribution is -2.26. The second-order valence-corrected chi connectivity index (χ2v) is 5.48. The van der Waals surface area contributed by atoms with E-state index in [4.69, 9.17) is 10.6 Å². The van der Waals surface area contributed by atoms with Crippen LogP contribution in [0.5, 0.6) is 0 Å². The maximum atomic E-state index is 8.94. The molecular formula is C20H28N4O. The van der Waals surface area contributed by atoms with Crippen LogP contribution in [0.15, 0.2) is 42.5 Å². The minimum Gasteiger partial charge on any atom is -0.314 e. The van der Waals surface area contributed by atoms with Crippen molar-refractivity contribution in [2.75, 3.05) is 12.1 Å². The van der Waals surface area contributed by atoms with Gasteiger partial charge in [0.05, 0.1) is 5.69 Å². The van der Waals surface area contributed by atoms with Crippen molar-refractivity contribution in [3.8, 4) is 0 Å². The van der Waals surface area contributed by atoms with Gasteiger partial charge in [0.15, 0.2) is 0 Å². The average Bonchev–Trinajstić information content (AvgIpc) is 2.66. The Morgan fingerprint density at radius 3 is 2.16 bits per heavy atom. The first kappa shape index (κ1) is 20.4. The summed E-state index contributed by atoms with van der Waals surface area (Å²) < 4.78 is 0. The highest BCUT2D eigenvalue weighted by Gasteiger charge is 2.06. The molecular weight excluding hydrogens is 312 g/mol. The normalized spacial score (nSPS) is 10.1. The van der Waals surface area contributed by atoms with Crippen LogP contribution in [0, 0.1) is 0 Å². The number of rotatable bonds is 6. The lowest BCUT2D eigenvalue weighted by atomic mass is 9.99. The van der Waals surface area contributed by atoms with Crippen LogP contribution in [-0.2, 0) is 17.6 Å². The molecule has 0 atom stereocenters. The largest absolute Gasteiger partial charge is 0.314 e. The van der Waals surface area contributed by atoms with Gasteiger partial charge < -0.3 is 5.01 Å². The van der Waals surface area contributed by atoms with E-state index in [2.05, 4.69) is 74.3 Å². The van der Waals surface area contributed by atoms with Crippen LogP contribution in [0.1, 0.15) is 36.1 Å². The van der Waals surface area contributed by atoms with Crippen LogP contribution in [0.2, 0.25) is 0 Å². The van der Waals surface area contributed by atoms with E-state index in [9.17, 15) is 0 Å². The molecule has 0 radical (unpaired) electrons. The predicted octanol–water partition coefficient (Wildman–Crippen LogP) is 2.90. The average molecular weight is 340 g/mol. The Kier molecular flexibility index (Phi) is 9.00. The maximum absolute atomic E-state index is 8.94. The second-order valence-electron chi connectivity index (χ2n) is 5.48. The highest BCUT2D eigenvalue weighted by Crippen LogP contribution is 2.25. The summed E-state index contributed by atoms with van der Waals surface area (Å²) in [5.41, 5.74) is 7.97. The van der Waals surface area contributed by atoms with Crippen molar-refractivity contribution < 1.29 is 4.79 Å². The smallest absolute Gasteiger partial charge is 0.221 e. The van der Waals surface area contributed by atoms with Gasteiger partial charge in [0.2, 0.25) is 6.41 Å². The van der Waals surface area contributed by atoms with E-state index in [0.29, 0.717) is 6.41 Å². The van der Waals surface area contributed by atoms with Crippen molar-refractivity contribution in [3.05, 3.63) is 64.7 Å². The Labute approximate surface area is 150 Å². The standard InChI is InChI=1S/C19H24N2.CH4N2O/c1-4-15-9-6-7-10-17(15)13-14-18-16(5-2)11-8-12-19(18)21(3)20;2-3-1-4/h6-14H,4-5,20H2,1-3H3;1H,2H2,(H,3,4)/b14-13+;. The molecule has 134 valence electrons. The summed E-state index contributed by atoms with van der Waals surface area (Å²) in [7, 11) is 1.88. The number of hydrazine groups is 2. The fourth-order valence-corrected chi connectivity index (χ4v) is 2.60. The van der Waals surface area contributed by atoms with Crippen LogP contribution in [0.3, 0.4) is 0 Å². The zero-order chi connectivity index (χ0) is 18.7. The molecule has 0 fully saturated rings. The van der Waals surface area contributed by atoms with E-state index >= 15 is 0 Å². The Balaban J connectivity index is 0.000000705. The Morgan fingerprint density at radius 1 is 1.00 bits per heavy atom. The number of hydrogen-bond acceptors (Lipinski definition) is 4. The molecule has 2 rings (SSSR count). The predicted molar refractivity (Wildman–Crippen MR) is 107 cm³/mol. The third-order valence-corrected chi connectivity index (χ3v) is 3.87. The van der Waals surface area contributed by atoms with Crippen molar-refractivity contribution in [3.63, 3.8) is 0 Å². The highest BCUT2D eigenvalue weighted by molar-refractivity contribution is 5.79. The Morgan fingerprint density at radius 2 is 1.60 bits per heavy atom. The molecule has 0 bridgehead atoms. The van der Waals surface area contributed by atoms with Crippen molar-refractivity contribution >= 4 is 24.2 Å². The zero-order valence-corrected chi connectivity index (χ0v) is 15.2. The van der Waals surface area contributed by atoms with Crippen molar-refractivity contribution in [2.45, 2.75) is 26.7 Å². The van der Waals surface area contributed by atoms with Gasteiger partial charge in [-0.05, 0) is 35.6 Å². The number of benzene rings is 2. The molecule has 0 saturated carbocycles. The molecule has 0 saturated heterocycles. The number of anilines is 1. The molecule has 0 aliphatic carbocycles. The van der Waals surface area contributed by atoms with E-state index in [-0.39, 0.29) is 0 Å². The molecule has 0 heterocycles. The van der Waals surface area contributed by atoms with Crippen molar-refractivity contribution in [1.82, 2.24) is 5.43 Å². The molecule has 5 nitrogen and oxygen atoms in total. The lowest BCUT2D eigenvalue weighted by molar-refractivity contribution is -0.109. The number of carbonyl (C=O) groups is 1. The topological polar surface area (TPSA) is 84.4 Å². The van der Waals surface area contributed by atoms with E-state index < -0.39 is 0 Å². The molecule has 0 unspecified atom stereocenters. The monoisotopic (exact) mass is 340 g/mol. The van der Waals surface area contributed by atoms with Gasteiger partial charge in [-0.1, -0.05) is 62.4 Å². The molecule has 0 aromatic heterocycles. The van der Waals surface area contributed by atoms with Crippen molar-refractivity contribution in [1.29, 1.82) is 0 Å². The fraction of sp³-hybridized carbons (Fsp3) is 0.250. The molecule has 0 aliphatic rings. The Hall–Kier alpha value is -2.63. The SMILES string of the molecule is CCc1ccccc1/C=C/c1c(CC)cccc1N(C)N.NNC=O. The number of nitrogens with two attached hydrogens (primary N) is 2. The van der Waals surface area contributed by atoms with Gasteiger partial charge >= 0.3 is 0 Å². The summed E-state index contributed by atoms with van der Waals surface area (Å²) in [4.78, 5) is 8.94. The Bertz CT molecular complexity index is 696. The van der Waals surface area contributed by atoms with Crippen LogP contribution in [0.25, 0.3) is 12.2 Å². The number of nitrogens with one attached hydrogen (secondary N) is 1. The number of carbonyl (C=O) groups excluding carboxylic acids is 1. The van der Waals surface area contributed by atoms with Gasteiger partial charge in [-0.25, -0.2) is 11.7 Å². The fourth-order valence-electron chi connectivity index (χ4n) is 2.60. The van der Waals surface area contributed by atoms with Gasteiger partial charge in [0, 0.05) is 12.6 Å². The minimum atomic E-state index is 0.403. The second kappa shape index (κ2) is 11.0. The number of hydrogen-bond donors (Lipinski definition) is 3. The van der Waals surface area contributed by atoms with Gasteiger partial charge in [-0.2, -0.15) is 0 Å². The lowest BCUT2D eigenvalue weighted by Gasteiger charge is -2.17. The van der Waals surface area contributed by atoms with Crippen molar-refractivity contribution in [2.24, 2.45) is 11.7 Å². The van der Waals surface area contributed by atoms with Gasteiger partial charge in [0.25, 0.3) is 0 Å². The number of nitrogens with zero attached hydrogens (tertiary/aromatic N) is 1. The van der Waals surface area contributed by atoms with E-state index in [0.717, 1.165) is 18.5 Å². The minimum absolute atomic E-state index is 0.403. The third-order valence-electron chi connectivity index (χ3n) is 3.87. The summed E-state index contributed by atoms with van der Waals surface area (Å²) in [6.07, 6.45) is 6.82. The number of amides is 1. The first-order valence-corrected chi connectivity index (χ1v) is 8.35. The molecule has 5 heteroatoms. The van der Waals surface area contributed by atoms with Crippen LogP contribution < -0.4 is 22.1 Å². The molecule has 1 amide bonds. The van der Waals surface area contributed by atoms with E-state index in [1.54, 1.807) is 10.4 Å². The quantitative estimate of drug-likeness (QED) is 0.248. The molecule has 2 aromatic rings. The molecule has 2 aromatic carbocycles. The first-order chi connectivity index (χ1) is 12.1. The van der Waals surface area contributed by atoms with Crippen LogP contribution in [-0.4, -0.2) is 13.5 Å². The first-order valence-electron chi connectivity index (χ1n) is 8.35. The third kappa shape index (κ3) is 6.06. The molecule has 0 spiro atoms. The summed E-state index contributed by atoms with van der Waals surface area (Å²) in [6, 6.07) is 14.8. The molecule has 25 heavy (non-hydrogen) atoms. The maximum Gasteiger partial charge on any atom is 0.221 e. The molecule has 5 N–H and O–H groups in total. The number of aryl methyl sites for hydroxylation is 2. The summed E-state index contributed by atoms with van der Waals surface area (Å²) >= 11 is 0. The molecule has 0 aliphatic heterocycles. The summed E-state index contributed by atoms with van der Waals surface area (Å²) in [5.74, 6) is 10.4. The van der Waals surface area contributed by atoms with Crippen LogP contribution in [0.4, 0.5) is 5.69 Å². The summed E-state index contributed by atoms with van der Waals surface area (Å²) in [6.45, 7) is 4.36.